The number of hydrogen-bond acceptors (Lipinski definition) is 6. The van der Waals surface area contributed by atoms with E-state index in [1.165, 1.54) is 0 Å². The van der Waals surface area contributed by atoms with E-state index >= 15 is 0 Å². The van der Waals surface area contributed by atoms with Gasteiger partial charge >= 0.3 is 0 Å². The topological polar surface area (TPSA) is 94.0 Å². The summed E-state index contributed by atoms with van der Waals surface area (Å²) in [6.45, 7) is 7.68. The lowest BCUT2D eigenvalue weighted by molar-refractivity contribution is -0.215. The van der Waals surface area contributed by atoms with Crippen molar-refractivity contribution in [1.82, 2.24) is 10.6 Å². The van der Waals surface area contributed by atoms with E-state index in [0.717, 1.165) is 37.2 Å². The van der Waals surface area contributed by atoms with Crippen molar-refractivity contribution in [2.75, 3.05) is 13.1 Å². The summed E-state index contributed by atoms with van der Waals surface area (Å²) in [5.74, 6) is 0.611. The van der Waals surface area contributed by atoms with Crippen LogP contribution in [-0.2, 0) is 4.74 Å². The fourth-order valence-electron chi connectivity index (χ4n) is 2.44. The summed E-state index contributed by atoms with van der Waals surface area (Å²) in [6.07, 6.45) is 3.78. The van der Waals surface area contributed by atoms with E-state index in [9.17, 15) is 5.11 Å². The summed E-state index contributed by atoms with van der Waals surface area (Å²) in [5.41, 5.74) is 1.96. The van der Waals surface area contributed by atoms with Crippen molar-refractivity contribution in [2.24, 2.45) is 5.92 Å². The zero-order valence-electron chi connectivity index (χ0n) is 13.5. The first-order chi connectivity index (χ1) is 10.5. The molecule has 0 saturated heterocycles. The first kappa shape index (κ1) is 18.7. The maximum Gasteiger partial charge on any atom is 0.248 e. The lowest BCUT2D eigenvalue weighted by Gasteiger charge is -2.28. The molecule has 0 amide bonds. The average Bonchev–Trinajstić information content (AvgIpc) is 2.52. The summed E-state index contributed by atoms with van der Waals surface area (Å²) in [7, 11) is 0. The van der Waals surface area contributed by atoms with Gasteiger partial charge in [0.1, 0.15) is 5.76 Å². The monoisotopic (exact) mass is 312 g/mol. The lowest BCUT2D eigenvalue weighted by atomic mass is 9.89. The molecule has 126 valence electrons. The Morgan fingerprint density at radius 3 is 2.68 bits per heavy atom. The van der Waals surface area contributed by atoms with Crippen LogP contribution in [-0.4, -0.2) is 41.0 Å². The molecule has 0 aromatic heterocycles. The van der Waals surface area contributed by atoms with Crippen LogP contribution in [0.5, 0.6) is 0 Å². The summed E-state index contributed by atoms with van der Waals surface area (Å²) in [6, 6.07) is 0. The molecule has 2 atom stereocenters. The standard InChI is InChI=1S/C16H28N2O4/c1-4-12-14(13(5-2)22-16(21)15(19)20)11(8-10-18-12)7-9-17-6-3/h5,8,10-11,15-21H,4,6-7,9H2,1-3H3/b13-5+. The fourth-order valence-corrected chi connectivity index (χ4v) is 2.44. The van der Waals surface area contributed by atoms with Crippen LogP contribution in [0.4, 0.5) is 0 Å². The molecule has 0 fully saturated rings. The van der Waals surface area contributed by atoms with Gasteiger partial charge in [0.2, 0.25) is 12.6 Å². The molecule has 2 unspecified atom stereocenters. The number of nitrogens with one attached hydrogen (secondary N) is 2. The molecule has 1 rings (SSSR count). The van der Waals surface area contributed by atoms with Crippen molar-refractivity contribution in [3.63, 3.8) is 0 Å². The van der Waals surface area contributed by atoms with Crippen LogP contribution in [0.25, 0.3) is 0 Å². The van der Waals surface area contributed by atoms with E-state index in [0.29, 0.717) is 5.76 Å². The molecular formula is C16H28N2O4. The molecule has 0 aromatic rings. The van der Waals surface area contributed by atoms with E-state index in [4.69, 9.17) is 14.9 Å². The molecule has 6 nitrogen and oxygen atoms in total. The van der Waals surface area contributed by atoms with Crippen LogP contribution in [0.2, 0.25) is 0 Å². The Hall–Kier alpha value is -1.34. The minimum absolute atomic E-state index is 0.143. The SMILES string of the molecule is C/C=C(/OC(O)C(O)O)C1=C(CC)NC=CC1CCNCC. The Kier molecular flexibility index (Phi) is 8.19. The summed E-state index contributed by atoms with van der Waals surface area (Å²) in [5, 5.41) is 34.1. The molecule has 1 heterocycles. The van der Waals surface area contributed by atoms with Crippen LogP contribution >= 0.6 is 0 Å². The lowest BCUT2D eigenvalue weighted by Crippen LogP contribution is -2.30. The molecular weight excluding hydrogens is 284 g/mol. The van der Waals surface area contributed by atoms with E-state index in [1.54, 1.807) is 13.0 Å². The van der Waals surface area contributed by atoms with Gasteiger partial charge in [0.05, 0.1) is 0 Å². The Morgan fingerprint density at radius 2 is 2.14 bits per heavy atom. The average molecular weight is 312 g/mol. The second kappa shape index (κ2) is 9.63. The Labute approximate surface area is 132 Å². The first-order valence-electron chi connectivity index (χ1n) is 7.79. The predicted molar refractivity (Wildman–Crippen MR) is 85.3 cm³/mol. The van der Waals surface area contributed by atoms with Gasteiger partial charge in [0.25, 0.3) is 0 Å². The smallest absolute Gasteiger partial charge is 0.248 e. The van der Waals surface area contributed by atoms with Crippen LogP contribution in [0, 0.1) is 5.92 Å². The van der Waals surface area contributed by atoms with Gasteiger partial charge in [-0.1, -0.05) is 19.9 Å². The minimum atomic E-state index is -1.94. The highest BCUT2D eigenvalue weighted by Gasteiger charge is 2.25. The van der Waals surface area contributed by atoms with Crippen molar-refractivity contribution < 1.29 is 20.1 Å². The zero-order chi connectivity index (χ0) is 16.5. The molecule has 0 spiro atoms. The summed E-state index contributed by atoms with van der Waals surface area (Å²) in [4.78, 5) is 0. The van der Waals surface area contributed by atoms with Gasteiger partial charge < -0.3 is 30.7 Å². The van der Waals surface area contributed by atoms with Gasteiger partial charge in [0, 0.05) is 17.2 Å². The van der Waals surface area contributed by atoms with Gasteiger partial charge in [-0.05, 0) is 45.1 Å². The van der Waals surface area contributed by atoms with E-state index in [-0.39, 0.29) is 5.92 Å². The van der Waals surface area contributed by atoms with Gasteiger partial charge in [-0.2, -0.15) is 0 Å². The first-order valence-corrected chi connectivity index (χ1v) is 7.79. The molecule has 0 saturated carbocycles. The quantitative estimate of drug-likeness (QED) is 0.247. The number of aliphatic hydroxyl groups excluding tert-OH is 2. The van der Waals surface area contributed by atoms with Gasteiger partial charge in [-0.15, -0.1) is 0 Å². The molecule has 0 bridgehead atoms. The molecule has 22 heavy (non-hydrogen) atoms. The highest BCUT2D eigenvalue weighted by molar-refractivity contribution is 5.38. The van der Waals surface area contributed by atoms with Crippen molar-refractivity contribution in [1.29, 1.82) is 0 Å². The number of rotatable bonds is 9. The van der Waals surface area contributed by atoms with Crippen molar-refractivity contribution >= 4 is 0 Å². The van der Waals surface area contributed by atoms with Gasteiger partial charge in [-0.3, -0.25) is 0 Å². The summed E-state index contributed by atoms with van der Waals surface area (Å²) < 4.78 is 5.33. The van der Waals surface area contributed by atoms with E-state index in [2.05, 4.69) is 23.6 Å². The minimum Gasteiger partial charge on any atom is -0.460 e. The molecule has 0 aromatic carbocycles. The summed E-state index contributed by atoms with van der Waals surface area (Å²) >= 11 is 0. The number of ether oxygens (including phenoxy) is 1. The molecule has 1 aliphatic heterocycles. The van der Waals surface area contributed by atoms with Crippen LogP contribution in [0.15, 0.2) is 35.4 Å². The molecule has 1 aliphatic rings. The van der Waals surface area contributed by atoms with Gasteiger partial charge in [0.15, 0.2) is 0 Å². The Bertz CT molecular complexity index is 430. The van der Waals surface area contributed by atoms with Crippen molar-refractivity contribution in [3.8, 4) is 0 Å². The predicted octanol–water partition coefficient (Wildman–Crippen LogP) is 0.933. The van der Waals surface area contributed by atoms with Crippen molar-refractivity contribution in [3.05, 3.63) is 35.4 Å². The molecule has 6 heteroatoms. The number of hydrogen-bond donors (Lipinski definition) is 5. The third kappa shape index (κ3) is 5.14. The molecule has 0 aliphatic carbocycles. The number of allylic oxidation sites excluding steroid dienone is 4. The zero-order valence-corrected chi connectivity index (χ0v) is 13.5. The Balaban J connectivity index is 2.96. The Morgan fingerprint density at radius 1 is 1.41 bits per heavy atom. The maximum absolute atomic E-state index is 9.58. The number of aliphatic hydroxyl groups is 3. The maximum atomic E-state index is 9.58. The molecule has 5 N–H and O–H groups in total. The third-order valence-electron chi connectivity index (χ3n) is 3.55. The second-order valence-corrected chi connectivity index (χ2v) is 5.07. The molecule has 0 radical (unpaired) electrons. The second-order valence-electron chi connectivity index (χ2n) is 5.07. The fraction of sp³-hybridized carbons (Fsp3) is 0.625. The third-order valence-corrected chi connectivity index (χ3v) is 3.55. The highest BCUT2D eigenvalue weighted by Crippen LogP contribution is 2.31. The van der Waals surface area contributed by atoms with Crippen molar-refractivity contribution in [2.45, 2.75) is 46.2 Å². The highest BCUT2D eigenvalue weighted by atomic mass is 16.6. The largest absolute Gasteiger partial charge is 0.460 e. The van der Waals surface area contributed by atoms with Crippen LogP contribution in [0.1, 0.15) is 33.6 Å². The number of dihydropyridines is 1. The van der Waals surface area contributed by atoms with Crippen LogP contribution in [0.3, 0.4) is 0 Å². The van der Waals surface area contributed by atoms with E-state index < -0.39 is 12.6 Å². The van der Waals surface area contributed by atoms with Crippen LogP contribution < -0.4 is 10.6 Å². The van der Waals surface area contributed by atoms with E-state index in [1.807, 2.05) is 13.1 Å². The van der Waals surface area contributed by atoms with Gasteiger partial charge in [-0.25, -0.2) is 0 Å². The normalized spacial score (nSPS) is 20.3.